The minimum absolute atomic E-state index is 0.761. The second-order valence-corrected chi connectivity index (χ2v) is 5.60. The maximum absolute atomic E-state index is 5.48. The van der Waals surface area contributed by atoms with E-state index in [1.165, 1.54) is 12.0 Å². The van der Waals surface area contributed by atoms with Gasteiger partial charge in [0.1, 0.15) is 0 Å². The third-order valence-corrected chi connectivity index (χ3v) is 3.62. The highest BCUT2D eigenvalue weighted by atomic mass is 15.4. The van der Waals surface area contributed by atoms with Crippen LogP contribution in [-0.2, 0) is 13.0 Å². The third-order valence-electron chi connectivity index (χ3n) is 3.62. The zero-order valence-electron chi connectivity index (χ0n) is 13.5. The van der Waals surface area contributed by atoms with Crippen LogP contribution in [0.15, 0.2) is 30.5 Å². The van der Waals surface area contributed by atoms with Gasteiger partial charge in [-0.1, -0.05) is 37.1 Å². The largest absolute Gasteiger partial charge is 0.330 e. The molecule has 0 amide bonds. The van der Waals surface area contributed by atoms with Crippen molar-refractivity contribution < 1.29 is 0 Å². The first-order valence-electron chi connectivity index (χ1n) is 8.25. The van der Waals surface area contributed by atoms with Gasteiger partial charge in [0.05, 0.1) is 17.6 Å². The van der Waals surface area contributed by atoms with E-state index in [2.05, 4.69) is 46.8 Å². The number of nitrogens with one attached hydrogen (secondary N) is 1. The zero-order chi connectivity index (χ0) is 15.6. The number of nitrogens with zero attached hydrogens (tertiary/aromatic N) is 3. The van der Waals surface area contributed by atoms with Crippen LogP contribution in [0.25, 0.3) is 5.69 Å². The molecule has 0 aliphatic carbocycles. The Hall–Kier alpha value is -1.72. The molecule has 3 N–H and O–H groups in total. The van der Waals surface area contributed by atoms with Crippen LogP contribution in [-0.4, -0.2) is 28.1 Å². The van der Waals surface area contributed by atoms with Gasteiger partial charge in [-0.2, -0.15) is 0 Å². The zero-order valence-corrected chi connectivity index (χ0v) is 13.5. The molecule has 5 heteroatoms. The van der Waals surface area contributed by atoms with Crippen molar-refractivity contribution in [3.63, 3.8) is 0 Å². The lowest BCUT2D eigenvalue weighted by atomic mass is 10.1. The number of hydrogen-bond donors (Lipinski definition) is 2. The minimum Gasteiger partial charge on any atom is -0.330 e. The molecule has 1 aromatic heterocycles. The predicted molar refractivity (Wildman–Crippen MR) is 90.0 cm³/mol. The van der Waals surface area contributed by atoms with Crippen molar-refractivity contribution in [3.05, 3.63) is 41.7 Å². The lowest BCUT2D eigenvalue weighted by Crippen LogP contribution is -2.15. The Morgan fingerprint density at radius 2 is 2.14 bits per heavy atom. The minimum atomic E-state index is 0.761. The van der Waals surface area contributed by atoms with Crippen LogP contribution >= 0.6 is 0 Å². The summed E-state index contributed by atoms with van der Waals surface area (Å²) in [7, 11) is 0. The number of nitrogens with two attached hydrogens (primary N) is 1. The fourth-order valence-corrected chi connectivity index (χ4v) is 2.44. The second-order valence-electron chi connectivity index (χ2n) is 5.60. The van der Waals surface area contributed by atoms with Gasteiger partial charge in [-0.3, -0.25) is 0 Å². The van der Waals surface area contributed by atoms with Crippen molar-refractivity contribution in [2.45, 2.75) is 45.6 Å². The quantitative estimate of drug-likeness (QED) is 0.661. The van der Waals surface area contributed by atoms with Gasteiger partial charge in [0.25, 0.3) is 0 Å². The molecule has 0 atom stereocenters. The van der Waals surface area contributed by atoms with Crippen LogP contribution in [0.4, 0.5) is 0 Å². The molecule has 120 valence electrons. The molecule has 0 radical (unpaired) electrons. The average Bonchev–Trinajstić information content (AvgIpc) is 3.00. The average molecular weight is 301 g/mol. The Bertz CT molecular complexity index is 549. The van der Waals surface area contributed by atoms with Gasteiger partial charge >= 0.3 is 0 Å². The highest BCUT2D eigenvalue weighted by Gasteiger charge is 2.03. The fraction of sp³-hybridized carbons (Fsp3) is 0.529. The first-order valence-corrected chi connectivity index (χ1v) is 8.25. The van der Waals surface area contributed by atoms with Crippen LogP contribution in [0, 0.1) is 0 Å². The van der Waals surface area contributed by atoms with E-state index in [1.807, 2.05) is 10.9 Å². The monoisotopic (exact) mass is 301 g/mol. The number of benzene rings is 1. The Balaban J connectivity index is 1.84. The van der Waals surface area contributed by atoms with E-state index >= 15 is 0 Å². The third kappa shape index (κ3) is 5.24. The van der Waals surface area contributed by atoms with Crippen molar-refractivity contribution in [2.24, 2.45) is 5.73 Å². The molecule has 0 spiro atoms. The maximum atomic E-state index is 5.48. The van der Waals surface area contributed by atoms with E-state index in [0.29, 0.717) is 0 Å². The molecule has 0 saturated heterocycles. The highest BCUT2D eigenvalue weighted by Crippen LogP contribution is 2.11. The van der Waals surface area contributed by atoms with Gasteiger partial charge in [0.2, 0.25) is 0 Å². The number of aryl methyl sites for hydroxylation is 1. The lowest BCUT2D eigenvalue weighted by molar-refractivity contribution is 0.600. The van der Waals surface area contributed by atoms with Crippen LogP contribution in [0.5, 0.6) is 0 Å². The smallest absolute Gasteiger partial charge is 0.0969 e. The van der Waals surface area contributed by atoms with Crippen molar-refractivity contribution in [2.75, 3.05) is 13.1 Å². The lowest BCUT2D eigenvalue weighted by Gasteiger charge is -2.03. The van der Waals surface area contributed by atoms with Gasteiger partial charge in [-0.15, -0.1) is 5.10 Å². The summed E-state index contributed by atoms with van der Waals surface area (Å²) in [5.41, 5.74) is 8.87. The second kappa shape index (κ2) is 9.33. The van der Waals surface area contributed by atoms with Crippen LogP contribution in [0.2, 0.25) is 0 Å². The van der Waals surface area contributed by atoms with Gasteiger partial charge in [-0.05, 0) is 50.0 Å². The standard InChI is InChI=1S/C17H27N5/c1-2-7-15-8-6-9-17(12-15)22-14-16(20-21-22)13-19-11-5-3-4-10-18/h6,8-9,12,14,19H,2-5,7,10-11,13,18H2,1H3. The van der Waals surface area contributed by atoms with Crippen molar-refractivity contribution in [1.82, 2.24) is 20.3 Å². The highest BCUT2D eigenvalue weighted by molar-refractivity contribution is 5.35. The summed E-state index contributed by atoms with van der Waals surface area (Å²) in [5.74, 6) is 0. The molecular formula is C17H27N5. The van der Waals surface area contributed by atoms with E-state index < -0.39 is 0 Å². The normalized spacial score (nSPS) is 11.0. The fourth-order valence-electron chi connectivity index (χ4n) is 2.44. The summed E-state index contributed by atoms with van der Waals surface area (Å²) >= 11 is 0. The SMILES string of the molecule is CCCc1cccc(-n2cc(CNCCCCCN)nn2)c1. The number of unbranched alkanes of at least 4 members (excludes halogenated alkanes) is 2. The maximum Gasteiger partial charge on any atom is 0.0969 e. The summed E-state index contributed by atoms with van der Waals surface area (Å²) in [6, 6.07) is 8.49. The van der Waals surface area contributed by atoms with Crippen LogP contribution in [0.1, 0.15) is 43.9 Å². The first kappa shape index (κ1) is 16.6. The molecule has 2 aromatic rings. The van der Waals surface area contributed by atoms with Gasteiger partial charge < -0.3 is 11.1 Å². The topological polar surface area (TPSA) is 68.8 Å². The molecular weight excluding hydrogens is 274 g/mol. The molecule has 0 unspecified atom stereocenters. The summed E-state index contributed by atoms with van der Waals surface area (Å²) in [6.45, 7) is 4.74. The predicted octanol–water partition coefficient (Wildman–Crippen LogP) is 2.44. The Kier molecular flexibility index (Phi) is 7.06. The molecule has 1 aromatic carbocycles. The van der Waals surface area contributed by atoms with Crippen molar-refractivity contribution in [3.8, 4) is 5.69 Å². The van der Waals surface area contributed by atoms with E-state index in [-0.39, 0.29) is 0 Å². The van der Waals surface area contributed by atoms with E-state index in [9.17, 15) is 0 Å². The van der Waals surface area contributed by atoms with Crippen molar-refractivity contribution >= 4 is 0 Å². The molecule has 0 saturated carbocycles. The Morgan fingerprint density at radius 1 is 1.23 bits per heavy atom. The first-order chi connectivity index (χ1) is 10.8. The molecule has 0 fully saturated rings. The number of rotatable bonds is 10. The summed E-state index contributed by atoms with van der Waals surface area (Å²) in [5, 5.41) is 11.9. The van der Waals surface area contributed by atoms with Crippen LogP contribution < -0.4 is 11.1 Å². The van der Waals surface area contributed by atoms with Gasteiger partial charge in [0, 0.05) is 6.54 Å². The summed E-state index contributed by atoms with van der Waals surface area (Å²) in [6.07, 6.45) is 7.69. The van der Waals surface area contributed by atoms with Crippen LogP contribution in [0.3, 0.4) is 0 Å². The molecule has 22 heavy (non-hydrogen) atoms. The summed E-state index contributed by atoms with van der Waals surface area (Å²) in [4.78, 5) is 0. The van der Waals surface area contributed by atoms with Gasteiger partial charge in [0.15, 0.2) is 0 Å². The molecule has 0 bridgehead atoms. The Morgan fingerprint density at radius 3 is 2.95 bits per heavy atom. The number of aromatic nitrogens is 3. The molecule has 1 heterocycles. The number of hydrogen-bond acceptors (Lipinski definition) is 4. The van der Waals surface area contributed by atoms with Gasteiger partial charge in [-0.25, -0.2) is 4.68 Å². The van der Waals surface area contributed by atoms with E-state index in [1.54, 1.807) is 0 Å². The molecule has 2 rings (SSSR count). The van der Waals surface area contributed by atoms with E-state index in [0.717, 1.165) is 56.7 Å². The van der Waals surface area contributed by atoms with E-state index in [4.69, 9.17) is 5.73 Å². The summed E-state index contributed by atoms with van der Waals surface area (Å²) < 4.78 is 1.85. The molecule has 0 aliphatic rings. The molecule has 0 aliphatic heterocycles. The molecule has 5 nitrogen and oxygen atoms in total. The van der Waals surface area contributed by atoms with Crippen molar-refractivity contribution in [1.29, 1.82) is 0 Å². The Labute approximate surface area is 132 Å².